The molecule has 3 aromatic rings. The van der Waals surface area contributed by atoms with Crippen LogP contribution in [0.4, 0.5) is 11.4 Å². The van der Waals surface area contributed by atoms with Crippen LogP contribution < -0.4 is 9.62 Å². The monoisotopic (exact) mass is 464 g/mol. The van der Waals surface area contributed by atoms with Crippen molar-refractivity contribution in [3.8, 4) is 0 Å². The second kappa shape index (κ2) is 10.7. The fraction of sp³-hybridized carbons (Fsp3) is 0.296. The van der Waals surface area contributed by atoms with Crippen LogP contribution in [-0.4, -0.2) is 20.9 Å². The molecule has 0 aliphatic heterocycles. The summed E-state index contributed by atoms with van der Waals surface area (Å²) in [5, 5.41) is 2.84. The molecule has 0 aliphatic carbocycles. The highest BCUT2D eigenvalue weighted by Crippen LogP contribution is 2.26. The van der Waals surface area contributed by atoms with Gasteiger partial charge in [0.2, 0.25) is 5.91 Å². The number of amides is 1. The van der Waals surface area contributed by atoms with Crippen molar-refractivity contribution in [2.75, 3.05) is 16.2 Å². The van der Waals surface area contributed by atoms with Crippen molar-refractivity contribution < 1.29 is 13.2 Å². The van der Waals surface area contributed by atoms with Crippen molar-refractivity contribution >= 4 is 27.3 Å². The smallest absolute Gasteiger partial charge is 0.264 e. The number of carbonyl (C=O) groups is 1. The van der Waals surface area contributed by atoms with Gasteiger partial charge in [-0.15, -0.1) is 0 Å². The molecule has 5 nitrogen and oxygen atoms in total. The SMILES string of the molecule is CCCCc1ccc(NC(=O)CN(c2cc(C)cc(C)c2)S(=O)(=O)c2ccc(C)cc2)cc1. The Morgan fingerprint density at radius 2 is 1.45 bits per heavy atom. The maximum absolute atomic E-state index is 13.5. The summed E-state index contributed by atoms with van der Waals surface area (Å²) in [6, 6.07) is 19.9. The number of hydrogen-bond acceptors (Lipinski definition) is 3. The molecule has 0 spiro atoms. The van der Waals surface area contributed by atoms with Crippen molar-refractivity contribution in [3.05, 3.63) is 89.0 Å². The molecule has 1 N–H and O–H groups in total. The zero-order valence-corrected chi connectivity index (χ0v) is 20.6. The summed E-state index contributed by atoms with van der Waals surface area (Å²) < 4.78 is 28.3. The van der Waals surface area contributed by atoms with E-state index >= 15 is 0 Å². The second-order valence-corrected chi connectivity index (χ2v) is 10.4. The quantitative estimate of drug-likeness (QED) is 0.436. The molecule has 0 saturated heterocycles. The molecule has 0 aliphatic rings. The third kappa shape index (κ3) is 6.45. The molecule has 0 bridgehead atoms. The summed E-state index contributed by atoms with van der Waals surface area (Å²) in [6.07, 6.45) is 3.25. The van der Waals surface area contributed by atoms with Gasteiger partial charge in [-0.3, -0.25) is 9.10 Å². The lowest BCUT2D eigenvalue weighted by atomic mass is 10.1. The van der Waals surface area contributed by atoms with Crippen molar-refractivity contribution in [1.82, 2.24) is 0 Å². The molecule has 0 atom stereocenters. The maximum Gasteiger partial charge on any atom is 0.264 e. The van der Waals surface area contributed by atoms with Crippen LogP contribution >= 0.6 is 0 Å². The summed E-state index contributed by atoms with van der Waals surface area (Å²) in [7, 11) is -3.94. The number of nitrogens with one attached hydrogen (secondary N) is 1. The van der Waals surface area contributed by atoms with Gasteiger partial charge in [0, 0.05) is 5.69 Å². The number of nitrogens with zero attached hydrogens (tertiary/aromatic N) is 1. The molecule has 0 heterocycles. The third-order valence-corrected chi connectivity index (χ3v) is 7.24. The van der Waals surface area contributed by atoms with Crippen LogP contribution in [-0.2, 0) is 21.2 Å². The molecule has 0 saturated carbocycles. The van der Waals surface area contributed by atoms with Gasteiger partial charge in [-0.05, 0) is 86.7 Å². The number of anilines is 2. The lowest BCUT2D eigenvalue weighted by molar-refractivity contribution is -0.114. The van der Waals surface area contributed by atoms with E-state index in [0.717, 1.165) is 36.0 Å². The van der Waals surface area contributed by atoms with E-state index in [2.05, 4.69) is 12.2 Å². The van der Waals surface area contributed by atoms with E-state index in [1.165, 1.54) is 9.87 Å². The van der Waals surface area contributed by atoms with Gasteiger partial charge in [-0.2, -0.15) is 0 Å². The average molecular weight is 465 g/mol. The standard InChI is InChI=1S/C27H32N2O3S/c1-5-6-7-23-10-12-24(13-11-23)28-27(30)19-29(25-17-21(3)16-22(4)18-25)33(31,32)26-14-8-20(2)9-15-26/h8-18H,5-7,19H2,1-4H3,(H,28,30). The number of aryl methyl sites for hydroxylation is 4. The van der Waals surface area contributed by atoms with Crippen molar-refractivity contribution in [2.24, 2.45) is 0 Å². The van der Waals surface area contributed by atoms with Crippen LogP contribution in [0.2, 0.25) is 0 Å². The van der Waals surface area contributed by atoms with Crippen molar-refractivity contribution in [1.29, 1.82) is 0 Å². The highest BCUT2D eigenvalue weighted by molar-refractivity contribution is 7.92. The number of rotatable bonds is 9. The summed E-state index contributed by atoms with van der Waals surface area (Å²) in [5.41, 5.74) is 5.15. The van der Waals surface area contributed by atoms with Gasteiger partial charge in [0.05, 0.1) is 10.6 Å². The molecular weight excluding hydrogens is 432 g/mol. The van der Waals surface area contributed by atoms with E-state index in [-0.39, 0.29) is 11.4 Å². The molecule has 174 valence electrons. The van der Waals surface area contributed by atoms with Gasteiger partial charge in [0.1, 0.15) is 6.54 Å². The molecule has 0 fully saturated rings. The van der Waals surface area contributed by atoms with E-state index < -0.39 is 15.9 Å². The Balaban J connectivity index is 1.88. The Kier molecular flexibility index (Phi) is 7.92. The Morgan fingerprint density at radius 1 is 0.848 bits per heavy atom. The van der Waals surface area contributed by atoms with Crippen LogP contribution in [0.3, 0.4) is 0 Å². The largest absolute Gasteiger partial charge is 0.325 e. The van der Waals surface area contributed by atoms with E-state index in [9.17, 15) is 13.2 Å². The molecular formula is C27H32N2O3S. The first-order valence-electron chi connectivity index (χ1n) is 11.3. The average Bonchev–Trinajstić information content (AvgIpc) is 2.76. The number of hydrogen-bond donors (Lipinski definition) is 1. The fourth-order valence-corrected chi connectivity index (χ4v) is 5.12. The molecule has 1 amide bonds. The van der Waals surface area contributed by atoms with E-state index in [0.29, 0.717) is 11.4 Å². The Hall–Kier alpha value is -3.12. The minimum Gasteiger partial charge on any atom is -0.325 e. The minimum atomic E-state index is -3.94. The first-order chi connectivity index (χ1) is 15.7. The molecule has 0 aromatic heterocycles. The normalized spacial score (nSPS) is 11.3. The van der Waals surface area contributed by atoms with Crippen LogP contribution in [0.15, 0.2) is 71.6 Å². The zero-order chi connectivity index (χ0) is 24.0. The number of benzene rings is 3. The molecule has 3 rings (SSSR count). The number of sulfonamides is 1. The van der Waals surface area contributed by atoms with Crippen molar-refractivity contribution in [3.63, 3.8) is 0 Å². The fourth-order valence-electron chi connectivity index (χ4n) is 3.71. The molecule has 0 radical (unpaired) electrons. The van der Waals surface area contributed by atoms with Gasteiger partial charge in [-0.1, -0.05) is 49.2 Å². The van der Waals surface area contributed by atoms with Gasteiger partial charge >= 0.3 is 0 Å². The topological polar surface area (TPSA) is 66.5 Å². The predicted molar refractivity (Wildman–Crippen MR) is 135 cm³/mol. The van der Waals surface area contributed by atoms with E-state index in [1.807, 2.05) is 51.1 Å². The molecule has 3 aromatic carbocycles. The maximum atomic E-state index is 13.5. The highest BCUT2D eigenvalue weighted by atomic mass is 32.2. The summed E-state index contributed by atoms with van der Waals surface area (Å²) in [5.74, 6) is -0.397. The minimum absolute atomic E-state index is 0.153. The van der Waals surface area contributed by atoms with Crippen LogP contribution in [0.5, 0.6) is 0 Å². The summed E-state index contributed by atoms with van der Waals surface area (Å²) >= 11 is 0. The Bertz CT molecular complexity index is 1180. The van der Waals surface area contributed by atoms with Gasteiger partial charge in [0.15, 0.2) is 0 Å². The molecule has 6 heteroatoms. The van der Waals surface area contributed by atoms with Crippen LogP contribution in [0, 0.1) is 20.8 Å². The number of carbonyl (C=O) groups excluding carboxylic acids is 1. The van der Waals surface area contributed by atoms with E-state index in [4.69, 9.17) is 0 Å². The summed E-state index contributed by atoms with van der Waals surface area (Å²) in [6.45, 7) is 7.55. The van der Waals surface area contributed by atoms with Gasteiger partial charge < -0.3 is 5.32 Å². The van der Waals surface area contributed by atoms with Crippen LogP contribution in [0.25, 0.3) is 0 Å². The zero-order valence-electron chi connectivity index (χ0n) is 19.8. The Labute approximate surface area is 197 Å². The molecule has 33 heavy (non-hydrogen) atoms. The lowest BCUT2D eigenvalue weighted by Gasteiger charge is -2.25. The lowest BCUT2D eigenvalue weighted by Crippen LogP contribution is -2.38. The Morgan fingerprint density at radius 3 is 2.03 bits per heavy atom. The van der Waals surface area contributed by atoms with Gasteiger partial charge in [0.25, 0.3) is 10.0 Å². The first kappa shape index (κ1) is 24.5. The molecule has 0 unspecified atom stereocenters. The van der Waals surface area contributed by atoms with Gasteiger partial charge in [-0.25, -0.2) is 8.42 Å². The predicted octanol–water partition coefficient (Wildman–Crippen LogP) is 5.79. The number of unbranched alkanes of at least 4 members (excludes halogenated alkanes) is 1. The highest BCUT2D eigenvalue weighted by Gasteiger charge is 2.27. The first-order valence-corrected chi connectivity index (χ1v) is 12.7. The summed E-state index contributed by atoms with van der Waals surface area (Å²) in [4.78, 5) is 13.1. The van der Waals surface area contributed by atoms with E-state index in [1.54, 1.807) is 36.4 Å². The second-order valence-electron chi connectivity index (χ2n) is 8.52. The third-order valence-electron chi connectivity index (χ3n) is 5.45. The van der Waals surface area contributed by atoms with Crippen LogP contribution in [0.1, 0.15) is 42.0 Å². The van der Waals surface area contributed by atoms with Crippen molar-refractivity contribution in [2.45, 2.75) is 51.9 Å².